The molecule has 0 fully saturated rings. The summed E-state index contributed by atoms with van der Waals surface area (Å²) in [6.07, 6.45) is 1.46. The minimum Gasteiger partial charge on any atom is -0.322 e. The van der Waals surface area contributed by atoms with E-state index in [1.807, 2.05) is 0 Å². The Morgan fingerprint density at radius 1 is 1.24 bits per heavy atom. The van der Waals surface area contributed by atoms with Gasteiger partial charge in [-0.2, -0.15) is 0 Å². The first kappa shape index (κ1) is 23.0. The van der Waals surface area contributed by atoms with Gasteiger partial charge in [-0.15, -0.1) is 19.2 Å². The molecule has 0 spiro atoms. The van der Waals surface area contributed by atoms with Gasteiger partial charge in [0, 0.05) is 15.6 Å². The van der Waals surface area contributed by atoms with Gasteiger partial charge in [-0.25, -0.2) is 24.0 Å². The molecule has 5 N–H and O–H groups in total. The number of amides is 1. The molecule has 1 amide bonds. The number of sulfonamides is 1. The normalized spacial score (nSPS) is 11.7. The van der Waals surface area contributed by atoms with Crippen LogP contribution >= 0.6 is 35.8 Å². The number of nitrogens with one attached hydrogen (secondary N) is 3. The highest BCUT2D eigenvalue weighted by Crippen LogP contribution is 2.28. The van der Waals surface area contributed by atoms with Crippen LogP contribution in [-0.4, -0.2) is 26.8 Å². The topological polar surface area (TPSA) is 126 Å². The van der Waals surface area contributed by atoms with Gasteiger partial charge >= 0.3 is 0 Å². The number of guanidine groups is 1. The summed E-state index contributed by atoms with van der Waals surface area (Å²) in [5, 5.41) is 3.14. The van der Waals surface area contributed by atoms with Crippen molar-refractivity contribution in [1.82, 2.24) is 10.1 Å². The van der Waals surface area contributed by atoms with Crippen LogP contribution < -0.4 is 21.3 Å². The first-order valence-corrected chi connectivity index (χ1v) is 10.6. The molecule has 0 atom stereocenters. The fourth-order valence-electron chi connectivity index (χ4n) is 2.11. The fraction of sp³-hybridized carbons (Fsp3) is 0.0588. The van der Waals surface area contributed by atoms with Crippen molar-refractivity contribution >= 4 is 63.4 Å². The minimum absolute atomic E-state index is 0.0258. The van der Waals surface area contributed by atoms with Crippen molar-refractivity contribution in [2.45, 2.75) is 9.79 Å². The van der Waals surface area contributed by atoms with Crippen molar-refractivity contribution in [1.29, 1.82) is 0 Å². The number of rotatable bonds is 6. The number of hydrogen-bond donors (Lipinski definition) is 5. The van der Waals surface area contributed by atoms with E-state index in [2.05, 4.69) is 39.7 Å². The average Bonchev–Trinajstić information content (AvgIpc) is 2.66. The van der Waals surface area contributed by atoms with Crippen LogP contribution in [0.5, 0.6) is 0 Å². The van der Waals surface area contributed by atoms with Gasteiger partial charge in [0.25, 0.3) is 15.9 Å². The number of aliphatic imine (C=N–C) groups is 1. The molecule has 0 saturated heterocycles. The molecule has 0 saturated carbocycles. The Hall–Kier alpha value is -2.24. The van der Waals surface area contributed by atoms with E-state index < -0.39 is 15.9 Å². The van der Waals surface area contributed by atoms with E-state index in [4.69, 9.17) is 29.0 Å². The summed E-state index contributed by atoms with van der Waals surface area (Å²) in [5.74, 6) is 4.46. The monoisotopic (exact) mass is 473 g/mol. The average molecular weight is 474 g/mol. The van der Waals surface area contributed by atoms with Gasteiger partial charge in [0.05, 0.1) is 17.1 Å². The summed E-state index contributed by atoms with van der Waals surface area (Å²) < 4.78 is 27.6. The molecule has 0 aliphatic heterocycles. The van der Waals surface area contributed by atoms with Crippen molar-refractivity contribution in [2.24, 2.45) is 10.8 Å². The summed E-state index contributed by atoms with van der Waals surface area (Å²) >= 11 is 16.1. The van der Waals surface area contributed by atoms with Gasteiger partial charge in [0.2, 0.25) is 5.96 Å². The van der Waals surface area contributed by atoms with Crippen molar-refractivity contribution in [3.63, 3.8) is 0 Å². The number of nitrogens with zero attached hydrogens (tertiary/aromatic N) is 1. The third-order valence-corrected chi connectivity index (χ3v) is 5.90. The highest BCUT2D eigenvalue weighted by Gasteiger charge is 2.23. The second-order valence-corrected chi connectivity index (χ2v) is 8.46. The first-order valence-electron chi connectivity index (χ1n) is 7.92. The van der Waals surface area contributed by atoms with E-state index in [-0.39, 0.29) is 32.9 Å². The lowest BCUT2D eigenvalue weighted by molar-refractivity contribution is 0.102. The first-order chi connectivity index (χ1) is 13.7. The van der Waals surface area contributed by atoms with Gasteiger partial charge < -0.3 is 5.32 Å². The third kappa shape index (κ3) is 6.12. The molecule has 0 aromatic heterocycles. The quantitative estimate of drug-likeness (QED) is 0.110. The molecular formula is C17H17Cl2N5O3S2. The van der Waals surface area contributed by atoms with Gasteiger partial charge in [0.1, 0.15) is 4.90 Å². The van der Waals surface area contributed by atoms with Crippen molar-refractivity contribution in [3.05, 3.63) is 64.7 Å². The summed E-state index contributed by atoms with van der Waals surface area (Å²) in [6.45, 7) is 3.61. The van der Waals surface area contributed by atoms with Crippen molar-refractivity contribution < 1.29 is 13.2 Å². The summed E-state index contributed by atoms with van der Waals surface area (Å²) in [4.78, 5) is 16.2. The molecule has 2 aromatic rings. The number of hydrazine groups is 1. The molecule has 12 heteroatoms. The molecule has 2 rings (SSSR count). The number of halogens is 2. The molecule has 0 unspecified atom stereocenters. The van der Waals surface area contributed by atoms with Crippen LogP contribution in [0.25, 0.3) is 0 Å². The highest BCUT2D eigenvalue weighted by atomic mass is 35.5. The zero-order valence-corrected chi connectivity index (χ0v) is 18.0. The van der Waals surface area contributed by atoms with Crippen molar-refractivity contribution in [3.8, 4) is 0 Å². The van der Waals surface area contributed by atoms with Crippen LogP contribution in [0, 0.1) is 0 Å². The number of carbonyl (C=O) groups is 1. The molecule has 2 aromatic carbocycles. The Morgan fingerprint density at radius 3 is 2.48 bits per heavy atom. The van der Waals surface area contributed by atoms with E-state index in [1.54, 1.807) is 24.3 Å². The van der Waals surface area contributed by atoms with Gasteiger partial charge in [-0.05, 0) is 36.4 Å². The third-order valence-electron chi connectivity index (χ3n) is 3.43. The number of anilines is 1. The van der Waals surface area contributed by atoms with E-state index in [0.717, 1.165) is 6.07 Å². The predicted molar refractivity (Wildman–Crippen MR) is 118 cm³/mol. The standard InChI is InChI=1S/C17H17Cl2N5O3S2/c1-2-7-21-17(23-20)24-29(26,27)15-8-12(13(19)9-14(15)28)16(25)22-11-5-3-10(18)4-6-11/h2-6,8-9,28H,1,7,20H2,(H,22,25)(H2,21,23,24). The number of carbonyl (C=O) groups excluding carboxylic acids is 1. The molecule has 8 nitrogen and oxygen atoms in total. The maximum Gasteiger partial charge on any atom is 0.265 e. The van der Waals surface area contributed by atoms with Crippen LogP contribution in [-0.2, 0) is 10.0 Å². The smallest absolute Gasteiger partial charge is 0.265 e. The summed E-state index contributed by atoms with van der Waals surface area (Å²) in [6, 6.07) is 8.75. The Balaban J connectivity index is 2.38. The van der Waals surface area contributed by atoms with Crippen LogP contribution in [0.3, 0.4) is 0 Å². The Bertz CT molecular complexity index is 1060. The summed E-state index contributed by atoms with van der Waals surface area (Å²) in [7, 11) is -4.17. The molecular weight excluding hydrogens is 457 g/mol. The molecule has 0 bridgehead atoms. The lowest BCUT2D eigenvalue weighted by Crippen LogP contribution is -2.44. The number of benzene rings is 2. The number of nitrogens with two attached hydrogens (primary N) is 1. The second-order valence-electron chi connectivity index (χ2n) is 5.49. The van der Waals surface area contributed by atoms with Crippen LogP contribution in [0.4, 0.5) is 5.69 Å². The van der Waals surface area contributed by atoms with Crippen LogP contribution in [0.15, 0.2) is 63.8 Å². The van der Waals surface area contributed by atoms with Gasteiger partial charge in [0.15, 0.2) is 0 Å². The molecule has 0 aliphatic rings. The van der Waals surface area contributed by atoms with E-state index in [1.165, 1.54) is 12.1 Å². The lowest BCUT2D eigenvalue weighted by atomic mass is 10.2. The lowest BCUT2D eigenvalue weighted by Gasteiger charge is -2.14. The number of hydrogen-bond acceptors (Lipinski definition) is 6. The summed E-state index contributed by atoms with van der Waals surface area (Å²) in [5.41, 5.74) is 2.53. The second kappa shape index (κ2) is 9.99. The van der Waals surface area contributed by atoms with Gasteiger partial charge in [-0.3, -0.25) is 10.2 Å². The fourth-order valence-corrected chi connectivity index (χ4v) is 4.21. The van der Waals surface area contributed by atoms with Crippen molar-refractivity contribution in [2.75, 3.05) is 11.9 Å². The van der Waals surface area contributed by atoms with E-state index >= 15 is 0 Å². The largest absolute Gasteiger partial charge is 0.322 e. The molecule has 29 heavy (non-hydrogen) atoms. The van der Waals surface area contributed by atoms with E-state index in [9.17, 15) is 13.2 Å². The van der Waals surface area contributed by atoms with Crippen LogP contribution in [0.1, 0.15) is 10.4 Å². The Morgan fingerprint density at radius 2 is 1.90 bits per heavy atom. The maximum atomic E-state index is 12.7. The van der Waals surface area contributed by atoms with E-state index in [0.29, 0.717) is 10.7 Å². The molecule has 154 valence electrons. The predicted octanol–water partition coefficient (Wildman–Crippen LogP) is 2.82. The molecule has 0 aliphatic carbocycles. The minimum atomic E-state index is -4.17. The maximum absolute atomic E-state index is 12.7. The Labute approximate surface area is 183 Å². The van der Waals surface area contributed by atoms with Crippen LogP contribution in [0.2, 0.25) is 10.0 Å². The highest BCUT2D eigenvalue weighted by molar-refractivity contribution is 7.91. The SMILES string of the molecule is C=CCN=C(NN)NS(=O)(=O)c1cc(C(=O)Nc2ccc(Cl)cc2)c(Cl)cc1S. The number of thiol groups is 1. The zero-order valence-electron chi connectivity index (χ0n) is 14.8. The van der Waals surface area contributed by atoms with Gasteiger partial charge in [-0.1, -0.05) is 29.3 Å². The molecule has 0 heterocycles. The Kier molecular flexibility index (Phi) is 7.94. The molecule has 0 radical (unpaired) electrons. The zero-order chi connectivity index (χ0) is 21.6.